The maximum absolute atomic E-state index is 11.9. The third-order valence-electron chi connectivity index (χ3n) is 4.19. The zero-order valence-corrected chi connectivity index (χ0v) is 14.6. The van der Waals surface area contributed by atoms with Gasteiger partial charge in [0.15, 0.2) is 11.5 Å². The van der Waals surface area contributed by atoms with Crippen molar-refractivity contribution < 1.29 is 4.79 Å². The minimum absolute atomic E-state index is 0.00424. The molecule has 2 aromatic heterocycles. The van der Waals surface area contributed by atoms with Crippen molar-refractivity contribution in [2.75, 3.05) is 0 Å². The van der Waals surface area contributed by atoms with Gasteiger partial charge in [0.05, 0.1) is 22.4 Å². The summed E-state index contributed by atoms with van der Waals surface area (Å²) in [6.07, 6.45) is 1.71. The lowest BCUT2D eigenvalue weighted by molar-refractivity contribution is 0.0995. The van der Waals surface area contributed by atoms with Crippen LogP contribution in [-0.4, -0.2) is 26.1 Å². The largest absolute Gasteiger partial charge is 0.364 e. The van der Waals surface area contributed by atoms with E-state index < -0.39 is 5.91 Å². The van der Waals surface area contributed by atoms with Gasteiger partial charge in [-0.2, -0.15) is 5.10 Å². The van der Waals surface area contributed by atoms with Crippen LogP contribution in [0.4, 0.5) is 0 Å². The zero-order chi connectivity index (χ0) is 18.3. The lowest BCUT2D eigenvalue weighted by Crippen LogP contribution is -2.15. The maximum Gasteiger partial charge on any atom is 0.269 e. The average molecular weight is 364 g/mol. The van der Waals surface area contributed by atoms with E-state index in [2.05, 4.69) is 20.2 Å². The number of H-pyrrole nitrogens is 1. The van der Waals surface area contributed by atoms with Crippen LogP contribution >= 0.6 is 11.6 Å². The van der Waals surface area contributed by atoms with Crippen LogP contribution in [0.15, 0.2) is 48.7 Å². The lowest BCUT2D eigenvalue weighted by atomic mass is 10.00. The second-order valence-electron chi connectivity index (χ2n) is 5.88. The number of carbonyl (C=O) groups is 1. The first-order valence-corrected chi connectivity index (χ1v) is 8.30. The predicted molar refractivity (Wildman–Crippen MR) is 101 cm³/mol. The normalized spacial score (nSPS) is 11.0. The molecule has 7 heteroatoms. The molecule has 0 radical (unpaired) electrons. The number of nitrogens with one attached hydrogen (secondary N) is 1. The molecular weight excluding hydrogens is 350 g/mol. The fraction of sp³-hybridized carbons (Fsp3) is 0.0526. The Bertz CT molecular complexity index is 1140. The molecule has 0 unspecified atom stereocenters. The first kappa shape index (κ1) is 16.2. The van der Waals surface area contributed by atoms with Crippen molar-refractivity contribution >= 4 is 28.4 Å². The number of amides is 1. The summed E-state index contributed by atoms with van der Waals surface area (Å²) < 4.78 is 0. The first-order chi connectivity index (χ1) is 12.6. The van der Waals surface area contributed by atoms with E-state index >= 15 is 0 Å². The van der Waals surface area contributed by atoms with Gasteiger partial charge in [0, 0.05) is 16.5 Å². The number of primary amides is 1. The van der Waals surface area contributed by atoms with Gasteiger partial charge >= 0.3 is 0 Å². The molecule has 26 heavy (non-hydrogen) atoms. The summed E-state index contributed by atoms with van der Waals surface area (Å²) in [5.74, 6) is -0.313. The Morgan fingerprint density at radius 2 is 1.88 bits per heavy atom. The minimum atomic E-state index is -0.701. The van der Waals surface area contributed by atoms with E-state index in [9.17, 15) is 4.79 Å². The predicted octanol–water partition coefficient (Wildman–Crippen LogP) is 3.75. The van der Waals surface area contributed by atoms with Gasteiger partial charge in [-0.05, 0) is 18.6 Å². The van der Waals surface area contributed by atoms with Gasteiger partial charge in [-0.1, -0.05) is 48.0 Å². The molecule has 128 valence electrons. The van der Waals surface area contributed by atoms with Crippen molar-refractivity contribution in [1.29, 1.82) is 0 Å². The van der Waals surface area contributed by atoms with Crippen molar-refractivity contribution in [3.63, 3.8) is 0 Å². The molecule has 0 aliphatic rings. The molecule has 0 aliphatic carbocycles. The minimum Gasteiger partial charge on any atom is -0.364 e. The first-order valence-electron chi connectivity index (χ1n) is 7.92. The summed E-state index contributed by atoms with van der Waals surface area (Å²) in [6.45, 7) is 1.95. The van der Waals surface area contributed by atoms with E-state index in [1.165, 1.54) is 0 Å². The Morgan fingerprint density at radius 3 is 2.62 bits per heavy atom. The summed E-state index contributed by atoms with van der Waals surface area (Å²) >= 11 is 6.48. The molecule has 4 aromatic rings. The number of nitrogens with two attached hydrogens (primary N) is 1. The van der Waals surface area contributed by atoms with Crippen LogP contribution in [0.3, 0.4) is 0 Å². The van der Waals surface area contributed by atoms with Gasteiger partial charge in [0.25, 0.3) is 5.91 Å². The highest BCUT2D eigenvalue weighted by molar-refractivity contribution is 6.36. The van der Waals surface area contributed by atoms with Gasteiger partial charge < -0.3 is 5.73 Å². The van der Waals surface area contributed by atoms with Crippen LogP contribution in [-0.2, 0) is 0 Å². The summed E-state index contributed by atoms with van der Waals surface area (Å²) in [5.41, 5.74) is 9.33. The Morgan fingerprint density at radius 1 is 1.12 bits per heavy atom. The summed E-state index contributed by atoms with van der Waals surface area (Å²) in [4.78, 5) is 20.9. The van der Waals surface area contributed by atoms with Crippen molar-refractivity contribution in [2.24, 2.45) is 5.73 Å². The Balaban J connectivity index is 2.07. The van der Waals surface area contributed by atoms with Crippen LogP contribution in [0.5, 0.6) is 0 Å². The Hall–Kier alpha value is -3.25. The molecule has 6 nitrogen and oxygen atoms in total. The summed E-state index contributed by atoms with van der Waals surface area (Å²) in [6, 6.07) is 13.2. The number of aromatic nitrogens is 4. The van der Waals surface area contributed by atoms with Gasteiger partial charge in [0.2, 0.25) is 0 Å². The number of aromatic amines is 1. The zero-order valence-electron chi connectivity index (χ0n) is 13.8. The Labute approximate surface area is 154 Å². The van der Waals surface area contributed by atoms with Gasteiger partial charge in [-0.15, -0.1) is 0 Å². The molecule has 4 rings (SSSR count). The van der Waals surface area contributed by atoms with E-state index in [0.29, 0.717) is 11.5 Å². The highest BCUT2D eigenvalue weighted by Crippen LogP contribution is 2.36. The highest BCUT2D eigenvalue weighted by atomic mass is 35.5. The molecule has 0 saturated heterocycles. The topological polar surface area (TPSA) is 97.6 Å². The van der Waals surface area contributed by atoms with Crippen LogP contribution in [0.25, 0.3) is 33.5 Å². The van der Waals surface area contributed by atoms with E-state index in [1.54, 1.807) is 6.20 Å². The average Bonchev–Trinajstić information content (AvgIpc) is 3.11. The van der Waals surface area contributed by atoms with Crippen molar-refractivity contribution in [3.8, 4) is 22.6 Å². The van der Waals surface area contributed by atoms with Crippen LogP contribution in [0.2, 0.25) is 5.02 Å². The highest BCUT2D eigenvalue weighted by Gasteiger charge is 2.21. The number of hydrogen-bond acceptors (Lipinski definition) is 4. The molecule has 0 aliphatic heterocycles. The fourth-order valence-electron chi connectivity index (χ4n) is 2.93. The quantitative estimate of drug-likeness (QED) is 0.579. The van der Waals surface area contributed by atoms with Crippen molar-refractivity contribution in [3.05, 3.63) is 64.9 Å². The molecule has 1 amide bonds. The molecule has 0 saturated carbocycles. The third-order valence-corrected chi connectivity index (χ3v) is 4.54. The molecule has 2 aromatic carbocycles. The number of benzene rings is 2. The van der Waals surface area contributed by atoms with E-state index in [-0.39, 0.29) is 10.7 Å². The number of nitrogens with zero attached hydrogens (tertiary/aromatic N) is 3. The van der Waals surface area contributed by atoms with Crippen LogP contribution < -0.4 is 5.73 Å². The maximum atomic E-state index is 11.9. The van der Waals surface area contributed by atoms with E-state index in [1.807, 2.05) is 49.4 Å². The fourth-order valence-corrected chi connectivity index (χ4v) is 3.21. The third kappa shape index (κ3) is 2.60. The van der Waals surface area contributed by atoms with Crippen molar-refractivity contribution in [2.45, 2.75) is 6.92 Å². The molecule has 2 heterocycles. The molecule has 0 bridgehead atoms. The van der Waals surface area contributed by atoms with Gasteiger partial charge in [-0.25, -0.2) is 9.97 Å². The van der Waals surface area contributed by atoms with Gasteiger partial charge in [-0.3, -0.25) is 9.89 Å². The standard InChI is InChI=1S/C19H14ClN5O/c1-10-7-8-13-12(9-22-25-13)14(10)16-15(20)17(18(21)26)24-19(23-16)11-5-3-2-4-6-11/h2-9H,1H3,(H2,21,26)(H,22,25). The van der Waals surface area contributed by atoms with Gasteiger partial charge in [0.1, 0.15) is 0 Å². The number of fused-ring (bicyclic) bond motifs is 1. The SMILES string of the molecule is Cc1ccc2[nH]ncc2c1-c1nc(-c2ccccc2)nc(C(N)=O)c1Cl. The number of carbonyl (C=O) groups excluding carboxylic acids is 1. The monoisotopic (exact) mass is 363 g/mol. The Kier molecular flexibility index (Phi) is 3.89. The number of halogens is 1. The van der Waals surface area contributed by atoms with Crippen LogP contribution in [0.1, 0.15) is 16.1 Å². The van der Waals surface area contributed by atoms with E-state index in [0.717, 1.165) is 27.6 Å². The molecule has 0 fully saturated rings. The summed E-state index contributed by atoms with van der Waals surface area (Å²) in [7, 11) is 0. The van der Waals surface area contributed by atoms with E-state index in [4.69, 9.17) is 17.3 Å². The summed E-state index contributed by atoms with van der Waals surface area (Å²) in [5, 5.41) is 8.02. The van der Waals surface area contributed by atoms with Crippen LogP contribution in [0, 0.1) is 6.92 Å². The molecule has 3 N–H and O–H groups in total. The smallest absolute Gasteiger partial charge is 0.269 e. The second-order valence-corrected chi connectivity index (χ2v) is 6.26. The number of aryl methyl sites for hydroxylation is 1. The molecule has 0 atom stereocenters. The number of hydrogen-bond donors (Lipinski definition) is 2. The second kappa shape index (κ2) is 6.24. The number of rotatable bonds is 3. The lowest BCUT2D eigenvalue weighted by Gasteiger charge is -2.12. The molecule has 0 spiro atoms. The van der Waals surface area contributed by atoms with Crippen molar-refractivity contribution in [1.82, 2.24) is 20.2 Å². The molecular formula is C19H14ClN5O.